The Hall–Kier alpha value is -1.61. The summed E-state index contributed by atoms with van der Waals surface area (Å²) in [6.45, 7) is 2.70. The van der Waals surface area contributed by atoms with Crippen LogP contribution in [0.1, 0.15) is 18.1 Å². The summed E-state index contributed by atoms with van der Waals surface area (Å²) in [5, 5.41) is 1.21. The van der Waals surface area contributed by atoms with Crippen molar-refractivity contribution >= 4 is 26.8 Å². The van der Waals surface area contributed by atoms with E-state index in [9.17, 15) is 4.39 Å². The van der Waals surface area contributed by atoms with Gasteiger partial charge in [-0.1, -0.05) is 47.1 Å². The summed E-state index contributed by atoms with van der Waals surface area (Å²) < 4.78 is 16.9. The summed E-state index contributed by atoms with van der Waals surface area (Å²) in [6, 6.07) is 13.6. The smallest absolute Gasteiger partial charge is 0.129 e. The molecule has 0 unspecified atom stereocenters. The lowest BCUT2D eigenvalue weighted by molar-refractivity contribution is 0.601. The fraction of sp³-hybridized carbons (Fsp3) is 0.176. The molecule has 0 spiro atoms. The molecule has 0 radical (unpaired) electrons. The Labute approximate surface area is 126 Å². The maximum Gasteiger partial charge on any atom is 0.129 e. The number of benzene rings is 2. The van der Waals surface area contributed by atoms with E-state index in [1.165, 1.54) is 22.5 Å². The Morgan fingerprint density at radius 3 is 2.70 bits per heavy atom. The highest BCUT2D eigenvalue weighted by molar-refractivity contribution is 9.10. The number of hydrogen-bond acceptors (Lipinski definition) is 0. The molecule has 3 aromatic rings. The number of rotatable bonds is 3. The third-order valence-corrected chi connectivity index (χ3v) is 4.10. The number of aromatic nitrogens is 1. The first-order valence-corrected chi connectivity index (χ1v) is 7.49. The zero-order chi connectivity index (χ0) is 14.1. The van der Waals surface area contributed by atoms with E-state index in [1.54, 1.807) is 0 Å². The topological polar surface area (TPSA) is 4.93 Å². The molecule has 1 nitrogen and oxygen atoms in total. The Morgan fingerprint density at radius 2 is 1.95 bits per heavy atom. The van der Waals surface area contributed by atoms with Gasteiger partial charge in [0.2, 0.25) is 0 Å². The number of aryl methyl sites for hydroxylation is 1. The van der Waals surface area contributed by atoms with Gasteiger partial charge >= 0.3 is 0 Å². The molecule has 20 heavy (non-hydrogen) atoms. The van der Waals surface area contributed by atoms with Crippen LogP contribution in [0.2, 0.25) is 0 Å². The predicted octanol–water partition coefficient (Wildman–Crippen LogP) is 5.15. The molecule has 0 saturated carbocycles. The molecule has 0 atom stereocenters. The lowest BCUT2D eigenvalue weighted by Gasteiger charge is -2.10. The second-order valence-electron chi connectivity index (χ2n) is 4.89. The minimum atomic E-state index is -0.171. The lowest BCUT2D eigenvalue weighted by atomic mass is 10.1. The molecule has 2 aromatic carbocycles. The standard InChI is InChI=1S/C17H15BrFN/c1-2-12-4-3-5-13-8-9-20(17(12)13)11-14-6-7-15(18)10-16(14)19/h3-10H,2,11H2,1H3. The lowest BCUT2D eigenvalue weighted by Crippen LogP contribution is -2.02. The van der Waals surface area contributed by atoms with Gasteiger partial charge in [0.05, 0.1) is 12.1 Å². The van der Waals surface area contributed by atoms with Crippen LogP contribution in [0.15, 0.2) is 53.1 Å². The van der Waals surface area contributed by atoms with Crippen LogP contribution in [0.3, 0.4) is 0 Å². The fourth-order valence-electron chi connectivity index (χ4n) is 2.59. The number of para-hydroxylation sites is 1. The maximum atomic E-state index is 14.0. The van der Waals surface area contributed by atoms with E-state index < -0.39 is 0 Å². The largest absolute Gasteiger partial charge is 0.343 e. The summed E-state index contributed by atoms with van der Waals surface area (Å²) in [5.74, 6) is -0.171. The summed E-state index contributed by atoms with van der Waals surface area (Å²) in [4.78, 5) is 0. The minimum Gasteiger partial charge on any atom is -0.343 e. The van der Waals surface area contributed by atoms with Crippen molar-refractivity contribution in [1.82, 2.24) is 4.57 Å². The Bertz CT molecular complexity index is 761. The molecule has 0 saturated heterocycles. The zero-order valence-corrected chi connectivity index (χ0v) is 12.8. The average molecular weight is 332 g/mol. The predicted molar refractivity (Wildman–Crippen MR) is 84.5 cm³/mol. The van der Waals surface area contributed by atoms with Crippen LogP contribution >= 0.6 is 15.9 Å². The van der Waals surface area contributed by atoms with Gasteiger partial charge < -0.3 is 4.57 Å². The fourth-order valence-corrected chi connectivity index (χ4v) is 2.92. The first-order chi connectivity index (χ1) is 9.69. The van der Waals surface area contributed by atoms with Crippen LogP contribution in [-0.2, 0) is 13.0 Å². The van der Waals surface area contributed by atoms with Gasteiger partial charge in [-0.3, -0.25) is 0 Å². The molecule has 0 N–H and O–H groups in total. The normalized spacial score (nSPS) is 11.2. The van der Waals surface area contributed by atoms with Gasteiger partial charge in [-0.15, -0.1) is 0 Å². The van der Waals surface area contributed by atoms with Crippen LogP contribution in [0.5, 0.6) is 0 Å². The van der Waals surface area contributed by atoms with Gasteiger partial charge in [-0.2, -0.15) is 0 Å². The van der Waals surface area contributed by atoms with Gasteiger partial charge in [0.25, 0.3) is 0 Å². The van der Waals surface area contributed by atoms with E-state index in [-0.39, 0.29) is 5.82 Å². The van der Waals surface area contributed by atoms with Crippen molar-refractivity contribution in [3.05, 3.63) is 70.1 Å². The van der Waals surface area contributed by atoms with Crippen LogP contribution in [0, 0.1) is 5.82 Å². The van der Waals surface area contributed by atoms with E-state index in [0.717, 1.165) is 10.9 Å². The Balaban J connectivity index is 2.06. The van der Waals surface area contributed by atoms with Crippen molar-refractivity contribution in [2.75, 3.05) is 0 Å². The summed E-state index contributed by atoms with van der Waals surface area (Å²) in [6.07, 6.45) is 3.01. The van der Waals surface area contributed by atoms with Crippen molar-refractivity contribution in [1.29, 1.82) is 0 Å². The first-order valence-electron chi connectivity index (χ1n) is 6.69. The van der Waals surface area contributed by atoms with Crippen molar-refractivity contribution in [2.45, 2.75) is 19.9 Å². The Kier molecular flexibility index (Phi) is 3.62. The van der Waals surface area contributed by atoms with E-state index in [2.05, 4.69) is 51.7 Å². The minimum absolute atomic E-state index is 0.171. The van der Waals surface area contributed by atoms with Crippen molar-refractivity contribution < 1.29 is 4.39 Å². The van der Waals surface area contributed by atoms with E-state index in [0.29, 0.717) is 12.1 Å². The number of fused-ring (bicyclic) bond motifs is 1. The third kappa shape index (κ3) is 2.38. The van der Waals surface area contributed by atoms with Crippen molar-refractivity contribution in [3.8, 4) is 0 Å². The van der Waals surface area contributed by atoms with Gasteiger partial charge in [-0.05, 0) is 35.6 Å². The molecule has 3 heteroatoms. The molecular weight excluding hydrogens is 317 g/mol. The maximum absolute atomic E-state index is 14.0. The van der Waals surface area contributed by atoms with Crippen LogP contribution in [-0.4, -0.2) is 4.57 Å². The van der Waals surface area contributed by atoms with Gasteiger partial charge in [0.1, 0.15) is 5.82 Å². The number of nitrogens with zero attached hydrogens (tertiary/aromatic N) is 1. The highest BCUT2D eigenvalue weighted by Crippen LogP contribution is 2.23. The number of hydrogen-bond donors (Lipinski definition) is 0. The molecule has 3 rings (SSSR count). The monoisotopic (exact) mass is 331 g/mol. The zero-order valence-electron chi connectivity index (χ0n) is 11.2. The molecule has 0 aliphatic rings. The summed E-state index contributed by atoms with van der Waals surface area (Å²) in [7, 11) is 0. The summed E-state index contributed by atoms with van der Waals surface area (Å²) in [5.41, 5.74) is 3.21. The van der Waals surface area contributed by atoms with Gasteiger partial charge in [-0.25, -0.2) is 4.39 Å². The molecule has 0 aliphatic carbocycles. The molecular formula is C17H15BrFN. The van der Waals surface area contributed by atoms with Crippen molar-refractivity contribution in [2.24, 2.45) is 0 Å². The molecule has 0 bridgehead atoms. The van der Waals surface area contributed by atoms with Crippen LogP contribution < -0.4 is 0 Å². The first kappa shape index (κ1) is 13.4. The SMILES string of the molecule is CCc1cccc2ccn(Cc3ccc(Br)cc3F)c12. The molecule has 0 aliphatic heterocycles. The molecule has 102 valence electrons. The van der Waals surface area contributed by atoms with Gasteiger partial charge in [0, 0.05) is 16.2 Å². The molecule has 0 amide bonds. The Morgan fingerprint density at radius 1 is 1.10 bits per heavy atom. The highest BCUT2D eigenvalue weighted by atomic mass is 79.9. The third-order valence-electron chi connectivity index (χ3n) is 3.61. The van der Waals surface area contributed by atoms with E-state index in [4.69, 9.17) is 0 Å². The van der Waals surface area contributed by atoms with Crippen LogP contribution in [0.4, 0.5) is 4.39 Å². The number of halogens is 2. The van der Waals surface area contributed by atoms with Crippen molar-refractivity contribution in [3.63, 3.8) is 0 Å². The molecule has 1 heterocycles. The van der Waals surface area contributed by atoms with E-state index in [1.807, 2.05) is 18.3 Å². The quantitative estimate of drug-likeness (QED) is 0.625. The van der Waals surface area contributed by atoms with E-state index >= 15 is 0 Å². The highest BCUT2D eigenvalue weighted by Gasteiger charge is 2.08. The van der Waals surface area contributed by atoms with Crippen LogP contribution in [0.25, 0.3) is 10.9 Å². The molecule has 1 aromatic heterocycles. The summed E-state index contributed by atoms with van der Waals surface area (Å²) >= 11 is 3.29. The van der Waals surface area contributed by atoms with Gasteiger partial charge in [0.15, 0.2) is 0 Å². The average Bonchev–Trinajstić information content (AvgIpc) is 2.85. The molecule has 0 fully saturated rings. The second kappa shape index (κ2) is 5.41. The second-order valence-corrected chi connectivity index (χ2v) is 5.80.